The number of carbonyl (C=O) groups excluding carboxylic acids is 1. The van der Waals surface area contributed by atoms with Gasteiger partial charge in [-0.1, -0.05) is 17.7 Å². The Hall–Kier alpha value is -1.39. The number of hydrogen-bond donors (Lipinski definition) is 0. The predicted molar refractivity (Wildman–Crippen MR) is 73.0 cm³/mol. The van der Waals surface area contributed by atoms with E-state index < -0.39 is 5.97 Å². The maximum absolute atomic E-state index is 11.8. The molecule has 19 heavy (non-hydrogen) atoms. The standard InChI is InChI=1S/C15H22O4/c1-11-6-7-12(2)13(10-11)14(16)19-18-9-8-15(3,4)17-5/h6-7,10H,8-9H2,1-5H3. The van der Waals surface area contributed by atoms with E-state index in [-0.39, 0.29) is 5.60 Å². The van der Waals surface area contributed by atoms with Crippen LogP contribution in [0.15, 0.2) is 18.2 Å². The predicted octanol–water partition coefficient (Wildman–Crippen LogP) is 3.21. The van der Waals surface area contributed by atoms with Crippen LogP contribution in [0.5, 0.6) is 0 Å². The summed E-state index contributed by atoms with van der Waals surface area (Å²) >= 11 is 0. The van der Waals surface area contributed by atoms with Crippen molar-refractivity contribution in [1.82, 2.24) is 0 Å². The lowest BCUT2D eigenvalue weighted by atomic mass is 10.1. The number of aryl methyl sites for hydroxylation is 2. The molecule has 1 aromatic rings. The van der Waals surface area contributed by atoms with E-state index in [0.717, 1.165) is 11.1 Å². The molecule has 0 aromatic heterocycles. The number of ether oxygens (including phenoxy) is 1. The van der Waals surface area contributed by atoms with Gasteiger partial charge in [0, 0.05) is 13.5 Å². The van der Waals surface area contributed by atoms with Crippen molar-refractivity contribution >= 4 is 5.97 Å². The minimum absolute atomic E-state index is 0.286. The van der Waals surface area contributed by atoms with Crippen molar-refractivity contribution in [2.45, 2.75) is 39.7 Å². The van der Waals surface area contributed by atoms with Crippen molar-refractivity contribution in [2.24, 2.45) is 0 Å². The largest absolute Gasteiger partial charge is 0.379 e. The van der Waals surface area contributed by atoms with Gasteiger partial charge >= 0.3 is 5.97 Å². The van der Waals surface area contributed by atoms with Crippen molar-refractivity contribution < 1.29 is 19.3 Å². The van der Waals surface area contributed by atoms with Gasteiger partial charge < -0.3 is 4.74 Å². The Labute approximate surface area is 114 Å². The number of rotatable bonds is 6. The second-order valence-corrected chi connectivity index (χ2v) is 5.22. The molecule has 1 aromatic carbocycles. The summed E-state index contributed by atoms with van der Waals surface area (Å²) in [5.41, 5.74) is 2.13. The summed E-state index contributed by atoms with van der Waals surface area (Å²) in [5, 5.41) is 0. The molecule has 0 saturated heterocycles. The average Bonchev–Trinajstić information content (AvgIpc) is 2.37. The highest BCUT2D eigenvalue weighted by atomic mass is 17.2. The van der Waals surface area contributed by atoms with Gasteiger partial charge in [-0.3, -0.25) is 4.89 Å². The van der Waals surface area contributed by atoms with Gasteiger partial charge in [0.2, 0.25) is 0 Å². The Bertz CT molecular complexity index is 438. The molecule has 106 valence electrons. The van der Waals surface area contributed by atoms with Crippen LogP contribution in [0.2, 0.25) is 0 Å². The molecule has 4 heteroatoms. The van der Waals surface area contributed by atoms with Gasteiger partial charge in [0.25, 0.3) is 0 Å². The fourth-order valence-corrected chi connectivity index (χ4v) is 1.49. The molecule has 0 N–H and O–H groups in total. The third kappa shape index (κ3) is 5.01. The lowest BCUT2D eigenvalue weighted by molar-refractivity contribution is -0.247. The molecule has 0 aliphatic rings. The highest BCUT2D eigenvalue weighted by Crippen LogP contribution is 2.14. The molecular formula is C15H22O4. The first-order chi connectivity index (χ1) is 8.85. The van der Waals surface area contributed by atoms with Gasteiger partial charge in [-0.2, -0.15) is 4.89 Å². The molecule has 0 fully saturated rings. The van der Waals surface area contributed by atoms with Crippen molar-refractivity contribution in [2.75, 3.05) is 13.7 Å². The van der Waals surface area contributed by atoms with Crippen LogP contribution in [0, 0.1) is 13.8 Å². The summed E-state index contributed by atoms with van der Waals surface area (Å²) in [6.45, 7) is 7.99. The zero-order valence-corrected chi connectivity index (χ0v) is 12.3. The molecule has 4 nitrogen and oxygen atoms in total. The highest BCUT2D eigenvalue weighted by Gasteiger charge is 2.17. The van der Waals surface area contributed by atoms with Crippen LogP contribution in [0.4, 0.5) is 0 Å². The molecular weight excluding hydrogens is 244 g/mol. The van der Waals surface area contributed by atoms with Gasteiger partial charge in [-0.05, 0) is 39.3 Å². The monoisotopic (exact) mass is 266 g/mol. The Morgan fingerprint density at radius 2 is 1.95 bits per heavy atom. The molecule has 0 atom stereocenters. The summed E-state index contributed by atoms with van der Waals surface area (Å²) in [6.07, 6.45) is 0.642. The molecule has 0 amide bonds. The van der Waals surface area contributed by atoms with E-state index in [0.29, 0.717) is 18.6 Å². The molecule has 0 heterocycles. The molecule has 1 rings (SSSR count). The van der Waals surface area contributed by atoms with E-state index in [2.05, 4.69) is 0 Å². The van der Waals surface area contributed by atoms with Crippen LogP contribution >= 0.6 is 0 Å². The quantitative estimate of drug-likeness (QED) is 0.450. The van der Waals surface area contributed by atoms with Crippen molar-refractivity contribution in [3.8, 4) is 0 Å². The molecule has 0 radical (unpaired) electrons. The van der Waals surface area contributed by atoms with E-state index in [1.807, 2.05) is 39.8 Å². The van der Waals surface area contributed by atoms with Crippen molar-refractivity contribution in [3.05, 3.63) is 34.9 Å². The van der Waals surface area contributed by atoms with E-state index in [1.165, 1.54) is 0 Å². The van der Waals surface area contributed by atoms with Gasteiger partial charge in [0.15, 0.2) is 0 Å². The molecule has 0 aliphatic heterocycles. The van der Waals surface area contributed by atoms with E-state index in [1.54, 1.807) is 13.2 Å². The normalized spacial score (nSPS) is 11.4. The van der Waals surface area contributed by atoms with Crippen LogP contribution in [0.25, 0.3) is 0 Å². The topological polar surface area (TPSA) is 44.8 Å². The molecule has 0 unspecified atom stereocenters. The zero-order chi connectivity index (χ0) is 14.5. The Morgan fingerprint density at radius 3 is 2.58 bits per heavy atom. The van der Waals surface area contributed by atoms with E-state index >= 15 is 0 Å². The van der Waals surface area contributed by atoms with Crippen molar-refractivity contribution in [3.63, 3.8) is 0 Å². The summed E-state index contributed by atoms with van der Waals surface area (Å²) in [5.74, 6) is -0.462. The minimum atomic E-state index is -0.462. The summed E-state index contributed by atoms with van der Waals surface area (Å²) in [4.78, 5) is 21.6. The van der Waals surface area contributed by atoms with Gasteiger partial charge in [-0.15, -0.1) is 0 Å². The number of benzene rings is 1. The van der Waals surface area contributed by atoms with Gasteiger partial charge in [0.05, 0.1) is 17.8 Å². The highest BCUT2D eigenvalue weighted by molar-refractivity contribution is 5.90. The maximum atomic E-state index is 11.8. The third-order valence-electron chi connectivity index (χ3n) is 3.09. The Balaban J connectivity index is 2.46. The second kappa shape index (κ2) is 6.68. The number of carbonyl (C=O) groups is 1. The summed E-state index contributed by atoms with van der Waals surface area (Å²) in [6, 6.07) is 5.63. The van der Waals surface area contributed by atoms with Crippen LogP contribution in [0.1, 0.15) is 41.8 Å². The minimum Gasteiger partial charge on any atom is -0.379 e. The van der Waals surface area contributed by atoms with Crippen LogP contribution in [-0.4, -0.2) is 25.3 Å². The molecule has 0 aliphatic carbocycles. The fraction of sp³-hybridized carbons (Fsp3) is 0.533. The van der Waals surface area contributed by atoms with Gasteiger partial charge in [0.1, 0.15) is 0 Å². The first-order valence-electron chi connectivity index (χ1n) is 6.32. The zero-order valence-electron chi connectivity index (χ0n) is 12.3. The van der Waals surface area contributed by atoms with Crippen LogP contribution < -0.4 is 0 Å². The lowest BCUT2D eigenvalue weighted by Crippen LogP contribution is -2.24. The SMILES string of the molecule is COC(C)(C)CCOOC(=O)c1cc(C)ccc1C. The number of methoxy groups -OCH3 is 1. The summed E-state index contributed by atoms with van der Waals surface area (Å²) in [7, 11) is 1.64. The second-order valence-electron chi connectivity index (χ2n) is 5.22. The van der Waals surface area contributed by atoms with E-state index in [4.69, 9.17) is 14.5 Å². The molecule has 0 bridgehead atoms. The van der Waals surface area contributed by atoms with Crippen LogP contribution in [0.3, 0.4) is 0 Å². The maximum Gasteiger partial charge on any atom is 0.373 e. The Kier molecular flexibility index (Phi) is 5.51. The number of hydrogen-bond acceptors (Lipinski definition) is 4. The van der Waals surface area contributed by atoms with E-state index in [9.17, 15) is 4.79 Å². The fourth-order valence-electron chi connectivity index (χ4n) is 1.49. The molecule has 0 saturated carbocycles. The van der Waals surface area contributed by atoms with Crippen LogP contribution in [-0.2, 0) is 14.5 Å². The Morgan fingerprint density at radius 1 is 1.26 bits per heavy atom. The van der Waals surface area contributed by atoms with Crippen molar-refractivity contribution in [1.29, 1.82) is 0 Å². The first-order valence-corrected chi connectivity index (χ1v) is 6.32. The molecule has 0 spiro atoms. The first kappa shape index (κ1) is 15.7. The van der Waals surface area contributed by atoms with Gasteiger partial charge in [-0.25, -0.2) is 4.79 Å². The smallest absolute Gasteiger partial charge is 0.373 e. The lowest BCUT2D eigenvalue weighted by Gasteiger charge is -2.21. The third-order valence-corrected chi connectivity index (χ3v) is 3.09. The average molecular weight is 266 g/mol. The summed E-state index contributed by atoms with van der Waals surface area (Å²) < 4.78 is 5.24.